The maximum absolute atomic E-state index is 7.75. The van der Waals surface area contributed by atoms with E-state index in [1.165, 1.54) is 0 Å². The summed E-state index contributed by atoms with van der Waals surface area (Å²) in [6.07, 6.45) is 0. The van der Waals surface area contributed by atoms with Crippen LogP contribution in [0.5, 0.6) is 0 Å². The van der Waals surface area contributed by atoms with Gasteiger partial charge >= 0.3 is 0 Å². The van der Waals surface area contributed by atoms with Gasteiger partial charge in [-0.2, -0.15) is 0 Å². The first-order chi connectivity index (χ1) is 5.00. The standard InChI is InChI=1S/5CHO.5Fe/c5*1-2;;;;;/h5*1H;;;;;/q5*-1;;;;;. The minimum Gasteiger partial charge on any atom is -0.545 e. The molecular formula is C5H5Fe5O5-5. The number of hydrogen-bond donors (Lipinski definition) is 0. The summed E-state index contributed by atoms with van der Waals surface area (Å²) in [5.41, 5.74) is 0. The van der Waals surface area contributed by atoms with Crippen LogP contribution in [0.25, 0.3) is 0 Å². The molecule has 0 heterocycles. The molecule has 100 valence electrons. The summed E-state index contributed by atoms with van der Waals surface area (Å²) in [6, 6.07) is 0. The second-order valence-electron chi connectivity index (χ2n) is 0. The molecule has 0 unspecified atom stereocenters. The van der Waals surface area contributed by atoms with Gasteiger partial charge in [-0.3, -0.25) is 33.9 Å². The van der Waals surface area contributed by atoms with Crippen molar-refractivity contribution in [1.29, 1.82) is 0 Å². The van der Waals surface area contributed by atoms with E-state index in [1.807, 2.05) is 0 Å². The molecule has 0 saturated heterocycles. The Morgan fingerprint density at radius 2 is 0.267 bits per heavy atom. The predicted molar refractivity (Wildman–Crippen MR) is 33.8 cm³/mol. The number of rotatable bonds is 0. The van der Waals surface area contributed by atoms with E-state index in [0.717, 1.165) is 0 Å². The Morgan fingerprint density at radius 1 is 0.267 bits per heavy atom. The molecule has 5 nitrogen and oxygen atoms in total. The zero-order valence-electron chi connectivity index (χ0n) is 6.70. The molecule has 0 aliphatic rings. The molecule has 10 heteroatoms. The van der Waals surface area contributed by atoms with Crippen molar-refractivity contribution in [3.05, 3.63) is 0 Å². The van der Waals surface area contributed by atoms with E-state index in [2.05, 4.69) is 33.9 Å². The van der Waals surface area contributed by atoms with Crippen LogP contribution in [0.2, 0.25) is 0 Å². The summed E-state index contributed by atoms with van der Waals surface area (Å²) >= 11 is 0. The quantitative estimate of drug-likeness (QED) is 0.272. The normalized spacial score (nSPS) is 1.33. The van der Waals surface area contributed by atoms with Crippen LogP contribution in [0.4, 0.5) is 0 Å². The van der Waals surface area contributed by atoms with Crippen molar-refractivity contribution < 1.29 is 109 Å². The van der Waals surface area contributed by atoms with Crippen LogP contribution in [0.3, 0.4) is 0 Å². The maximum Gasteiger partial charge on any atom is 0 e. The van der Waals surface area contributed by atoms with Crippen LogP contribution in [0.15, 0.2) is 0 Å². The molecule has 0 aliphatic carbocycles. The smallest absolute Gasteiger partial charge is 0 e. The van der Waals surface area contributed by atoms with E-state index < -0.39 is 0 Å². The van der Waals surface area contributed by atoms with Gasteiger partial charge in [-0.15, -0.1) is 0 Å². The first kappa shape index (κ1) is 101. The van der Waals surface area contributed by atoms with Gasteiger partial charge in [0.15, 0.2) is 0 Å². The number of hydrogen-bond acceptors (Lipinski definition) is 5. The first-order valence-corrected chi connectivity index (χ1v) is 1.18. The minimum absolute atomic E-state index is 0. The molecule has 0 atom stereocenters. The monoisotopic (exact) mass is 425 g/mol. The van der Waals surface area contributed by atoms with Crippen molar-refractivity contribution in [2.75, 3.05) is 0 Å². The Labute approximate surface area is 142 Å². The van der Waals surface area contributed by atoms with Gasteiger partial charge in [0, 0.05) is 85.3 Å². The van der Waals surface area contributed by atoms with E-state index in [0.29, 0.717) is 0 Å². The maximum atomic E-state index is 7.75. The molecule has 0 aromatic rings. The van der Waals surface area contributed by atoms with Gasteiger partial charge in [-0.25, -0.2) is 0 Å². The Balaban J connectivity index is -0.00000000240. The Bertz CT molecular complexity index is 35.4. The van der Waals surface area contributed by atoms with Crippen molar-refractivity contribution in [3.63, 3.8) is 0 Å². The summed E-state index contributed by atoms with van der Waals surface area (Å²) in [5, 5.41) is 0. The molecule has 0 bridgehead atoms. The van der Waals surface area contributed by atoms with Gasteiger partial charge < -0.3 is 24.0 Å². The molecule has 0 aliphatic heterocycles. The summed E-state index contributed by atoms with van der Waals surface area (Å²) in [5.74, 6) is 0. The number of carbonyl (C=O) groups excluding carboxylic acids is 5. The van der Waals surface area contributed by atoms with Gasteiger partial charge in [-0.1, -0.05) is 0 Å². The van der Waals surface area contributed by atoms with Crippen LogP contribution < -0.4 is 0 Å². The fourth-order valence-corrected chi connectivity index (χ4v) is 0. The Hall–Kier alpha value is 0.947. The van der Waals surface area contributed by atoms with Crippen LogP contribution >= 0.6 is 0 Å². The van der Waals surface area contributed by atoms with Gasteiger partial charge in [0.05, 0.1) is 0 Å². The van der Waals surface area contributed by atoms with Crippen molar-refractivity contribution in [2.24, 2.45) is 0 Å². The SMILES string of the molecule is [CH-]=O.[CH-]=O.[CH-]=O.[CH-]=O.[CH-]=O.[Fe].[Fe].[Fe].[Fe].[Fe]. The summed E-state index contributed by atoms with van der Waals surface area (Å²) in [6.45, 7) is 16.2. The van der Waals surface area contributed by atoms with E-state index in [1.54, 1.807) is 0 Å². The van der Waals surface area contributed by atoms with Crippen LogP contribution in [-0.2, 0) is 109 Å². The largest absolute Gasteiger partial charge is 0.545 e. The first-order valence-electron chi connectivity index (χ1n) is 1.18. The average Bonchev–Trinajstić information content (AvgIpc) is 2.20. The van der Waals surface area contributed by atoms with Crippen LogP contribution in [0, 0.1) is 0 Å². The van der Waals surface area contributed by atoms with Crippen LogP contribution in [-0.4, -0.2) is 33.9 Å². The third-order valence-electron chi connectivity index (χ3n) is 0. The molecule has 0 aromatic heterocycles. The fraction of sp³-hybridized carbons (Fsp3) is 0. The molecule has 0 radical (unpaired) electrons. The molecular weight excluding hydrogens is 419 g/mol. The van der Waals surface area contributed by atoms with Crippen molar-refractivity contribution >= 4 is 33.9 Å². The van der Waals surface area contributed by atoms with E-state index in [4.69, 9.17) is 24.0 Å². The summed E-state index contributed by atoms with van der Waals surface area (Å²) in [7, 11) is 0. The summed E-state index contributed by atoms with van der Waals surface area (Å²) < 4.78 is 0. The third-order valence-corrected chi connectivity index (χ3v) is 0. The fourth-order valence-electron chi connectivity index (χ4n) is 0. The molecule has 0 amide bonds. The third kappa shape index (κ3) is 2790. The topological polar surface area (TPSA) is 85.3 Å². The van der Waals surface area contributed by atoms with Crippen molar-refractivity contribution in [3.8, 4) is 0 Å². The minimum atomic E-state index is 0. The molecule has 0 N–H and O–H groups in total. The second kappa shape index (κ2) is 3240. The van der Waals surface area contributed by atoms with Gasteiger partial charge in [0.2, 0.25) is 0 Å². The molecule has 0 spiro atoms. The summed E-state index contributed by atoms with van der Waals surface area (Å²) in [4.78, 5) is 38.8. The van der Waals surface area contributed by atoms with Gasteiger partial charge in [-0.05, 0) is 0 Å². The van der Waals surface area contributed by atoms with Crippen molar-refractivity contribution in [1.82, 2.24) is 0 Å². The van der Waals surface area contributed by atoms with Gasteiger partial charge in [0.25, 0.3) is 0 Å². The molecule has 0 rings (SSSR count). The Morgan fingerprint density at radius 3 is 0.267 bits per heavy atom. The Kier molecular flexibility index (Phi) is 21800. The molecule has 0 saturated carbocycles. The second-order valence-corrected chi connectivity index (χ2v) is 0. The van der Waals surface area contributed by atoms with E-state index in [9.17, 15) is 0 Å². The molecule has 0 fully saturated rings. The predicted octanol–water partition coefficient (Wildman–Crippen LogP) is -1.38. The molecule has 15 heavy (non-hydrogen) atoms. The van der Waals surface area contributed by atoms with E-state index in [-0.39, 0.29) is 85.3 Å². The average molecular weight is 424 g/mol. The van der Waals surface area contributed by atoms with Gasteiger partial charge in [0.1, 0.15) is 0 Å². The zero-order valence-corrected chi connectivity index (χ0v) is 12.2. The van der Waals surface area contributed by atoms with Crippen LogP contribution in [0.1, 0.15) is 0 Å². The molecule has 0 aromatic carbocycles. The zero-order chi connectivity index (χ0) is 10.0. The van der Waals surface area contributed by atoms with E-state index >= 15 is 0 Å². The van der Waals surface area contributed by atoms with Crippen molar-refractivity contribution in [2.45, 2.75) is 0 Å².